The second-order valence-electron chi connectivity index (χ2n) is 5.10. The molecule has 0 spiro atoms. The predicted molar refractivity (Wildman–Crippen MR) is 85.6 cm³/mol. The van der Waals surface area contributed by atoms with Crippen LogP contribution in [0.1, 0.15) is 5.82 Å². The van der Waals surface area contributed by atoms with Crippen molar-refractivity contribution in [3.05, 3.63) is 65.3 Å². The van der Waals surface area contributed by atoms with Crippen LogP contribution in [0.2, 0.25) is 5.02 Å². The monoisotopic (exact) mass is 311 g/mol. The molecule has 0 amide bonds. The van der Waals surface area contributed by atoms with Crippen molar-refractivity contribution in [2.45, 2.75) is 6.92 Å². The third-order valence-electron chi connectivity index (χ3n) is 3.73. The largest absolute Gasteiger partial charge is 0.281 e. The molecule has 22 heavy (non-hydrogen) atoms. The van der Waals surface area contributed by atoms with Gasteiger partial charge in [0.15, 0.2) is 5.65 Å². The van der Waals surface area contributed by atoms with E-state index in [0.29, 0.717) is 21.9 Å². The molecular weight excluding hydrogens is 301 g/mol. The Kier molecular flexibility index (Phi) is 2.87. The summed E-state index contributed by atoms with van der Waals surface area (Å²) >= 11 is 6.14. The molecule has 4 rings (SSSR count). The number of hydrogen-bond donors (Lipinski definition) is 0. The molecule has 0 N–H and O–H groups in total. The molecule has 0 bridgehead atoms. The van der Waals surface area contributed by atoms with Gasteiger partial charge in [-0.3, -0.25) is 4.40 Å². The average Bonchev–Trinajstić information content (AvgIpc) is 2.88. The van der Waals surface area contributed by atoms with Gasteiger partial charge in [0.1, 0.15) is 11.6 Å². The fourth-order valence-electron chi connectivity index (χ4n) is 2.74. The summed E-state index contributed by atoms with van der Waals surface area (Å²) in [6, 6.07) is 12.1. The molecule has 2 aromatic carbocycles. The third-order valence-corrected chi connectivity index (χ3v) is 3.96. The van der Waals surface area contributed by atoms with Crippen LogP contribution in [0.4, 0.5) is 4.39 Å². The highest BCUT2D eigenvalue weighted by Crippen LogP contribution is 2.31. The number of hydrogen-bond acceptors (Lipinski definition) is 2. The lowest BCUT2D eigenvalue weighted by molar-refractivity contribution is 0.631. The lowest BCUT2D eigenvalue weighted by Gasteiger charge is -2.10. The zero-order valence-corrected chi connectivity index (χ0v) is 12.5. The van der Waals surface area contributed by atoms with E-state index in [9.17, 15) is 4.39 Å². The maximum atomic E-state index is 14.2. The van der Waals surface area contributed by atoms with E-state index in [4.69, 9.17) is 11.6 Å². The fraction of sp³-hybridized carbons (Fsp3) is 0.0588. The van der Waals surface area contributed by atoms with Crippen molar-refractivity contribution in [2.24, 2.45) is 0 Å². The second-order valence-corrected chi connectivity index (χ2v) is 5.54. The minimum absolute atomic E-state index is 0.308. The predicted octanol–water partition coefficient (Wildman–Crippen LogP) is 4.65. The van der Waals surface area contributed by atoms with Crippen LogP contribution < -0.4 is 0 Å². The molecule has 0 radical (unpaired) electrons. The third kappa shape index (κ3) is 1.88. The van der Waals surface area contributed by atoms with E-state index in [1.54, 1.807) is 24.4 Å². The number of aryl methyl sites for hydroxylation is 1. The first-order valence-electron chi connectivity index (χ1n) is 6.83. The number of nitrogens with zero attached hydrogens (tertiary/aromatic N) is 3. The van der Waals surface area contributed by atoms with E-state index in [1.807, 2.05) is 29.5 Å². The van der Waals surface area contributed by atoms with Crippen LogP contribution in [0.25, 0.3) is 27.8 Å². The molecule has 0 aliphatic heterocycles. The molecule has 4 aromatic rings. The molecule has 0 aliphatic rings. The molecule has 0 aliphatic carbocycles. The Bertz CT molecular complexity index is 1020. The van der Waals surface area contributed by atoms with Gasteiger partial charge >= 0.3 is 0 Å². The topological polar surface area (TPSA) is 30.2 Å². The Morgan fingerprint density at radius 3 is 2.77 bits per heavy atom. The lowest BCUT2D eigenvalue weighted by Crippen LogP contribution is -1.98. The Morgan fingerprint density at radius 2 is 1.95 bits per heavy atom. The van der Waals surface area contributed by atoms with Gasteiger partial charge in [-0.05, 0) is 37.3 Å². The smallest absolute Gasteiger partial charge is 0.157 e. The van der Waals surface area contributed by atoms with E-state index in [-0.39, 0.29) is 5.82 Å². The first-order chi connectivity index (χ1) is 10.6. The minimum atomic E-state index is -0.308. The van der Waals surface area contributed by atoms with Gasteiger partial charge in [-0.2, -0.15) is 0 Å². The van der Waals surface area contributed by atoms with Gasteiger partial charge in [-0.1, -0.05) is 23.7 Å². The van der Waals surface area contributed by atoms with Crippen LogP contribution in [0.5, 0.6) is 0 Å². The van der Waals surface area contributed by atoms with Crippen molar-refractivity contribution in [2.75, 3.05) is 0 Å². The van der Waals surface area contributed by atoms with Crippen molar-refractivity contribution >= 4 is 28.2 Å². The number of benzene rings is 2. The number of imidazole rings is 1. The summed E-state index contributed by atoms with van der Waals surface area (Å²) < 4.78 is 16.2. The molecule has 0 fully saturated rings. The zero-order valence-electron chi connectivity index (χ0n) is 11.7. The SMILES string of the molecule is Cc1ncc2nc(-c3ccccc3F)c3cc(Cl)ccc3n12. The fourth-order valence-corrected chi connectivity index (χ4v) is 2.91. The highest BCUT2D eigenvalue weighted by atomic mass is 35.5. The zero-order chi connectivity index (χ0) is 15.3. The van der Waals surface area contributed by atoms with Gasteiger partial charge in [0.25, 0.3) is 0 Å². The Hall–Kier alpha value is -2.46. The maximum absolute atomic E-state index is 14.2. The van der Waals surface area contributed by atoms with Crippen LogP contribution in [-0.2, 0) is 0 Å². The summed E-state index contributed by atoms with van der Waals surface area (Å²) in [7, 11) is 0. The molecule has 108 valence electrons. The Labute approximate surface area is 131 Å². The van der Waals surface area contributed by atoms with Crippen LogP contribution >= 0.6 is 11.6 Å². The maximum Gasteiger partial charge on any atom is 0.157 e. The van der Waals surface area contributed by atoms with Crippen LogP contribution in [-0.4, -0.2) is 14.4 Å². The summed E-state index contributed by atoms with van der Waals surface area (Å²) in [5, 5.41) is 1.38. The van der Waals surface area contributed by atoms with E-state index < -0.39 is 0 Å². The molecular formula is C17H11ClFN3. The van der Waals surface area contributed by atoms with Crippen molar-refractivity contribution < 1.29 is 4.39 Å². The van der Waals surface area contributed by atoms with Crippen LogP contribution in [0, 0.1) is 12.7 Å². The van der Waals surface area contributed by atoms with E-state index >= 15 is 0 Å². The molecule has 0 unspecified atom stereocenters. The summed E-state index contributed by atoms with van der Waals surface area (Å²) in [5.41, 5.74) is 2.62. The first kappa shape index (κ1) is 13.2. The quantitative estimate of drug-likeness (QED) is 0.512. The van der Waals surface area contributed by atoms with Gasteiger partial charge in [-0.25, -0.2) is 14.4 Å². The standard InChI is InChI=1S/C17H11ClFN3/c1-10-20-9-16-21-17(12-4-2-3-5-14(12)19)13-8-11(18)6-7-15(13)22(10)16/h2-9H,1H3. The second kappa shape index (κ2) is 4.78. The van der Waals surface area contributed by atoms with Crippen molar-refractivity contribution in [1.82, 2.24) is 14.4 Å². The Balaban J connectivity index is 2.21. The molecule has 3 nitrogen and oxygen atoms in total. The highest BCUT2D eigenvalue weighted by molar-refractivity contribution is 6.31. The normalized spacial score (nSPS) is 11.4. The minimum Gasteiger partial charge on any atom is -0.281 e. The summed E-state index contributed by atoms with van der Waals surface area (Å²) in [6.45, 7) is 1.91. The highest BCUT2D eigenvalue weighted by Gasteiger charge is 2.15. The number of halogens is 2. The summed E-state index contributed by atoms with van der Waals surface area (Å²) in [6.07, 6.45) is 1.69. The van der Waals surface area contributed by atoms with Gasteiger partial charge in [0, 0.05) is 16.0 Å². The number of aromatic nitrogens is 3. The van der Waals surface area contributed by atoms with E-state index in [0.717, 1.165) is 16.7 Å². The molecule has 0 atom stereocenters. The summed E-state index contributed by atoms with van der Waals surface area (Å²) in [4.78, 5) is 8.90. The van der Waals surface area contributed by atoms with Crippen molar-refractivity contribution in [1.29, 1.82) is 0 Å². The molecule has 5 heteroatoms. The lowest BCUT2D eigenvalue weighted by atomic mass is 10.1. The van der Waals surface area contributed by atoms with Crippen molar-refractivity contribution in [3.8, 4) is 11.3 Å². The van der Waals surface area contributed by atoms with Gasteiger partial charge in [0.05, 0.1) is 17.4 Å². The van der Waals surface area contributed by atoms with Crippen LogP contribution in [0.3, 0.4) is 0 Å². The van der Waals surface area contributed by atoms with Gasteiger partial charge in [-0.15, -0.1) is 0 Å². The van der Waals surface area contributed by atoms with E-state index in [1.165, 1.54) is 6.07 Å². The van der Waals surface area contributed by atoms with Gasteiger partial charge < -0.3 is 0 Å². The Morgan fingerprint density at radius 1 is 1.14 bits per heavy atom. The molecule has 0 saturated carbocycles. The molecule has 2 aromatic heterocycles. The van der Waals surface area contributed by atoms with Crippen molar-refractivity contribution in [3.63, 3.8) is 0 Å². The van der Waals surface area contributed by atoms with Gasteiger partial charge in [0.2, 0.25) is 0 Å². The number of rotatable bonds is 1. The first-order valence-corrected chi connectivity index (χ1v) is 7.21. The van der Waals surface area contributed by atoms with E-state index in [2.05, 4.69) is 9.97 Å². The summed E-state index contributed by atoms with van der Waals surface area (Å²) in [5.74, 6) is 0.520. The molecule has 2 heterocycles. The van der Waals surface area contributed by atoms with Crippen LogP contribution in [0.15, 0.2) is 48.7 Å². The molecule has 0 saturated heterocycles. The number of fused-ring (bicyclic) bond motifs is 3. The average molecular weight is 312 g/mol.